The largest absolute Gasteiger partial charge is 0.352 e. The first-order valence-corrected chi connectivity index (χ1v) is 4.75. The fourth-order valence-corrected chi connectivity index (χ4v) is 2.13. The van der Waals surface area contributed by atoms with Crippen molar-refractivity contribution in [2.24, 2.45) is 0 Å². The third-order valence-corrected chi connectivity index (χ3v) is 2.84. The van der Waals surface area contributed by atoms with Crippen LogP contribution in [0.1, 0.15) is 32.1 Å². The van der Waals surface area contributed by atoms with E-state index in [0.29, 0.717) is 0 Å². The summed E-state index contributed by atoms with van der Waals surface area (Å²) >= 11 is 0. The Hall–Kier alpha value is -0.340. The van der Waals surface area contributed by atoms with Crippen LogP contribution in [-0.2, 0) is 9.47 Å². The van der Waals surface area contributed by atoms with Crippen molar-refractivity contribution >= 4 is 0 Å². The molecule has 1 saturated carbocycles. The second kappa shape index (κ2) is 3.19. The average molecular weight is 168 g/mol. The van der Waals surface area contributed by atoms with Gasteiger partial charge in [0.15, 0.2) is 6.29 Å². The van der Waals surface area contributed by atoms with E-state index >= 15 is 0 Å². The molecule has 1 aliphatic carbocycles. The molecule has 0 aromatic heterocycles. The second-order valence-corrected chi connectivity index (χ2v) is 3.71. The molecular weight excluding hydrogens is 152 g/mol. The quantitative estimate of drug-likeness (QED) is 0.559. The fourth-order valence-electron chi connectivity index (χ4n) is 2.13. The Morgan fingerprint density at radius 3 is 2.67 bits per heavy atom. The summed E-state index contributed by atoms with van der Waals surface area (Å²) in [7, 11) is 1.69. The Balaban J connectivity index is 1.99. The van der Waals surface area contributed by atoms with Crippen LogP contribution in [0.4, 0.5) is 0 Å². The molecule has 0 aromatic carbocycles. The summed E-state index contributed by atoms with van der Waals surface area (Å²) in [5, 5.41) is 0. The van der Waals surface area contributed by atoms with E-state index in [1.807, 2.05) is 6.08 Å². The van der Waals surface area contributed by atoms with Gasteiger partial charge in [-0.15, -0.1) is 0 Å². The zero-order chi connectivity index (χ0) is 8.44. The van der Waals surface area contributed by atoms with Gasteiger partial charge in [0.25, 0.3) is 0 Å². The maximum atomic E-state index is 5.81. The van der Waals surface area contributed by atoms with Gasteiger partial charge in [-0.05, 0) is 18.9 Å². The smallest absolute Gasteiger partial charge is 0.177 e. The lowest BCUT2D eigenvalue weighted by molar-refractivity contribution is -0.150. The monoisotopic (exact) mass is 168 g/mol. The van der Waals surface area contributed by atoms with Crippen molar-refractivity contribution < 1.29 is 9.47 Å². The van der Waals surface area contributed by atoms with Gasteiger partial charge in [-0.3, -0.25) is 0 Å². The Morgan fingerprint density at radius 2 is 2.08 bits per heavy atom. The highest BCUT2D eigenvalue weighted by Crippen LogP contribution is 2.37. The van der Waals surface area contributed by atoms with E-state index in [0.717, 1.165) is 0 Å². The molecule has 2 heteroatoms. The minimum absolute atomic E-state index is 0.0406. The summed E-state index contributed by atoms with van der Waals surface area (Å²) in [6.45, 7) is 0. The van der Waals surface area contributed by atoms with Crippen LogP contribution >= 0.6 is 0 Å². The number of hydrogen-bond acceptors (Lipinski definition) is 2. The molecule has 2 aliphatic rings. The maximum absolute atomic E-state index is 5.81. The van der Waals surface area contributed by atoms with E-state index in [-0.39, 0.29) is 11.9 Å². The van der Waals surface area contributed by atoms with Crippen LogP contribution in [0.2, 0.25) is 0 Å². The highest BCUT2D eigenvalue weighted by atomic mass is 16.7. The van der Waals surface area contributed by atoms with Crippen molar-refractivity contribution in [2.75, 3.05) is 7.11 Å². The van der Waals surface area contributed by atoms with Crippen molar-refractivity contribution in [3.8, 4) is 0 Å². The molecule has 0 radical (unpaired) electrons. The second-order valence-electron chi connectivity index (χ2n) is 3.71. The zero-order valence-corrected chi connectivity index (χ0v) is 7.58. The lowest BCUT2D eigenvalue weighted by Crippen LogP contribution is -2.32. The predicted octanol–water partition coefficient (Wildman–Crippen LogP) is 2.25. The van der Waals surface area contributed by atoms with E-state index in [9.17, 15) is 0 Å². The molecular formula is C10H16O2. The normalized spacial score (nSPS) is 32.9. The van der Waals surface area contributed by atoms with Crippen LogP contribution in [0, 0.1) is 0 Å². The first-order chi connectivity index (χ1) is 5.85. The van der Waals surface area contributed by atoms with Gasteiger partial charge >= 0.3 is 0 Å². The molecule has 2 rings (SSSR count). The Morgan fingerprint density at radius 1 is 1.33 bits per heavy atom. The maximum Gasteiger partial charge on any atom is 0.177 e. The molecule has 1 fully saturated rings. The minimum atomic E-state index is -0.0944. The number of ether oxygens (including phenoxy) is 2. The van der Waals surface area contributed by atoms with Gasteiger partial charge in [-0.1, -0.05) is 25.3 Å². The number of hydrogen-bond donors (Lipinski definition) is 0. The molecule has 12 heavy (non-hydrogen) atoms. The predicted molar refractivity (Wildman–Crippen MR) is 46.8 cm³/mol. The van der Waals surface area contributed by atoms with E-state index in [2.05, 4.69) is 6.08 Å². The summed E-state index contributed by atoms with van der Waals surface area (Å²) in [5.74, 6) is 0. The van der Waals surface area contributed by atoms with Gasteiger partial charge in [0, 0.05) is 7.11 Å². The van der Waals surface area contributed by atoms with Gasteiger partial charge in [0.1, 0.15) is 0 Å². The van der Waals surface area contributed by atoms with E-state index in [4.69, 9.17) is 9.47 Å². The topological polar surface area (TPSA) is 18.5 Å². The molecule has 1 heterocycles. The van der Waals surface area contributed by atoms with Crippen LogP contribution in [0.3, 0.4) is 0 Å². The molecule has 0 N–H and O–H groups in total. The highest BCUT2D eigenvalue weighted by molar-refractivity contribution is 5.10. The van der Waals surface area contributed by atoms with Gasteiger partial charge in [-0.25, -0.2) is 0 Å². The number of rotatable bonds is 1. The first kappa shape index (κ1) is 8.27. The fraction of sp³-hybridized carbons (Fsp3) is 0.800. The molecule has 1 atom stereocenters. The molecule has 0 bridgehead atoms. The van der Waals surface area contributed by atoms with E-state index in [1.165, 1.54) is 32.1 Å². The van der Waals surface area contributed by atoms with Crippen LogP contribution in [0.15, 0.2) is 12.2 Å². The summed E-state index contributed by atoms with van der Waals surface area (Å²) in [5.41, 5.74) is 0.0406. The molecule has 2 nitrogen and oxygen atoms in total. The lowest BCUT2D eigenvalue weighted by Gasteiger charge is -2.32. The van der Waals surface area contributed by atoms with Gasteiger partial charge in [0.05, 0.1) is 5.60 Å². The molecule has 1 unspecified atom stereocenters. The third-order valence-electron chi connectivity index (χ3n) is 2.84. The van der Waals surface area contributed by atoms with Crippen molar-refractivity contribution in [2.45, 2.75) is 44.0 Å². The summed E-state index contributed by atoms with van der Waals surface area (Å²) in [6.07, 6.45) is 10.4. The standard InChI is InChI=1S/C10H16O2/c1-11-9-5-8-10(12-9)6-3-2-4-7-10/h5,8-9H,2-4,6-7H2,1H3. The number of methoxy groups -OCH3 is 1. The van der Waals surface area contributed by atoms with Gasteiger partial charge in [0.2, 0.25) is 0 Å². The third kappa shape index (κ3) is 1.41. The van der Waals surface area contributed by atoms with E-state index < -0.39 is 0 Å². The Labute approximate surface area is 73.5 Å². The molecule has 1 aliphatic heterocycles. The molecule has 1 spiro atoms. The Kier molecular flexibility index (Phi) is 2.20. The molecule has 68 valence electrons. The Bertz CT molecular complexity index is 180. The summed E-state index contributed by atoms with van der Waals surface area (Å²) in [4.78, 5) is 0. The minimum Gasteiger partial charge on any atom is -0.352 e. The zero-order valence-electron chi connectivity index (χ0n) is 7.58. The van der Waals surface area contributed by atoms with Gasteiger partial charge < -0.3 is 9.47 Å². The first-order valence-electron chi connectivity index (χ1n) is 4.75. The van der Waals surface area contributed by atoms with Crippen LogP contribution in [-0.4, -0.2) is 19.0 Å². The van der Waals surface area contributed by atoms with Crippen molar-refractivity contribution in [3.05, 3.63) is 12.2 Å². The SMILES string of the molecule is COC1C=CC2(CCCCC2)O1. The summed E-state index contributed by atoms with van der Waals surface area (Å²) < 4.78 is 10.9. The van der Waals surface area contributed by atoms with Crippen LogP contribution < -0.4 is 0 Å². The van der Waals surface area contributed by atoms with Gasteiger partial charge in [-0.2, -0.15) is 0 Å². The van der Waals surface area contributed by atoms with E-state index in [1.54, 1.807) is 7.11 Å². The average Bonchev–Trinajstić information content (AvgIpc) is 2.50. The van der Waals surface area contributed by atoms with Crippen molar-refractivity contribution in [1.82, 2.24) is 0 Å². The van der Waals surface area contributed by atoms with Crippen molar-refractivity contribution in [3.63, 3.8) is 0 Å². The highest BCUT2D eigenvalue weighted by Gasteiger charge is 2.36. The molecule has 0 saturated heterocycles. The van der Waals surface area contributed by atoms with Crippen LogP contribution in [0.5, 0.6) is 0 Å². The summed E-state index contributed by atoms with van der Waals surface area (Å²) in [6, 6.07) is 0. The molecule has 0 aromatic rings. The van der Waals surface area contributed by atoms with Crippen LogP contribution in [0.25, 0.3) is 0 Å². The molecule has 0 amide bonds. The van der Waals surface area contributed by atoms with Crippen molar-refractivity contribution in [1.29, 1.82) is 0 Å². The lowest BCUT2D eigenvalue weighted by atomic mass is 9.85.